The zero-order valence-electron chi connectivity index (χ0n) is 9.82. The molecule has 1 aliphatic heterocycles. The van der Waals surface area contributed by atoms with Gasteiger partial charge in [-0.25, -0.2) is 0 Å². The van der Waals surface area contributed by atoms with E-state index >= 15 is 0 Å². The topological polar surface area (TPSA) is 40.5 Å². The molecule has 1 saturated heterocycles. The summed E-state index contributed by atoms with van der Waals surface area (Å²) < 4.78 is 0. The van der Waals surface area contributed by atoms with Crippen LogP contribution in [0.2, 0.25) is 0 Å². The van der Waals surface area contributed by atoms with Crippen LogP contribution in [0.25, 0.3) is 0 Å². The number of benzene rings is 1. The van der Waals surface area contributed by atoms with Gasteiger partial charge in [0.2, 0.25) is 5.91 Å². The molecule has 1 aromatic carbocycles. The molecule has 1 aliphatic rings. The summed E-state index contributed by atoms with van der Waals surface area (Å²) in [4.78, 5) is 13.8. The molecule has 0 saturated carbocycles. The second-order valence-electron chi connectivity index (χ2n) is 4.47. The predicted molar refractivity (Wildman–Crippen MR) is 71.4 cm³/mol. The third-order valence-corrected chi connectivity index (χ3v) is 4.10. The van der Waals surface area contributed by atoms with E-state index in [4.69, 9.17) is 0 Å². The van der Waals surface area contributed by atoms with Crippen molar-refractivity contribution >= 4 is 27.5 Å². The summed E-state index contributed by atoms with van der Waals surface area (Å²) in [6.45, 7) is 2.69. The molecule has 0 aromatic heterocycles. The molecule has 1 fully saturated rings. The quantitative estimate of drug-likeness (QED) is 0.869. The number of hydrogen-bond acceptors (Lipinski definition) is 2. The number of para-hydroxylation sites is 1. The van der Waals surface area contributed by atoms with Crippen LogP contribution in [-0.4, -0.2) is 22.9 Å². The van der Waals surface area contributed by atoms with E-state index in [1.54, 1.807) is 0 Å². The molecule has 1 aromatic rings. The van der Waals surface area contributed by atoms with Crippen molar-refractivity contribution in [3.05, 3.63) is 29.3 Å². The molecule has 0 aliphatic carbocycles. The first kappa shape index (κ1) is 12.6. The van der Waals surface area contributed by atoms with Gasteiger partial charge in [-0.05, 0) is 18.4 Å². The van der Waals surface area contributed by atoms with Crippen LogP contribution in [0.4, 0.5) is 5.69 Å². The van der Waals surface area contributed by atoms with Crippen molar-refractivity contribution < 1.29 is 9.90 Å². The van der Waals surface area contributed by atoms with E-state index in [1.165, 1.54) is 0 Å². The monoisotopic (exact) mass is 297 g/mol. The fourth-order valence-electron chi connectivity index (χ4n) is 2.33. The number of alkyl halides is 1. The smallest absolute Gasteiger partial charge is 0.227 e. The van der Waals surface area contributed by atoms with Gasteiger partial charge in [-0.2, -0.15) is 0 Å². The van der Waals surface area contributed by atoms with Gasteiger partial charge in [0.1, 0.15) is 0 Å². The van der Waals surface area contributed by atoms with Gasteiger partial charge in [0.25, 0.3) is 0 Å². The Bertz CT molecular complexity index is 433. The van der Waals surface area contributed by atoms with Crippen molar-refractivity contribution in [2.75, 3.05) is 16.8 Å². The molecule has 0 bridgehead atoms. The van der Waals surface area contributed by atoms with Crippen LogP contribution in [0.3, 0.4) is 0 Å². The van der Waals surface area contributed by atoms with Crippen LogP contribution in [0, 0.1) is 12.8 Å². The Morgan fingerprint density at radius 1 is 1.53 bits per heavy atom. The normalized spacial score (nSPS) is 20.1. The molecule has 4 heteroatoms. The van der Waals surface area contributed by atoms with Gasteiger partial charge in [-0.15, -0.1) is 0 Å². The minimum Gasteiger partial charge on any atom is -0.392 e. The number of carbonyl (C=O) groups excluding carboxylic acids is 1. The molecule has 1 N–H and O–H groups in total. The second kappa shape index (κ2) is 5.19. The van der Waals surface area contributed by atoms with Gasteiger partial charge in [0, 0.05) is 23.9 Å². The summed E-state index contributed by atoms with van der Waals surface area (Å²) in [5.41, 5.74) is 2.76. The minimum absolute atomic E-state index is 0.0280. The van der Waals surface area contributed by atoms with E-state index < -0.39 is 0 Å². The average Bonchev–Trinajstić information content (AvgIpc) is 2.70. The Labute approximate surface area is 110 Å². The van der Waals surface area contributed by atoms with E-state index in [2.05, 4.69) is 15.9 Å². The Balaban J connectivity index is 2.37. The van der Waals surface area contributed by atoms with Crippen molar-refractivity contribution in [1.29, 1.82) is 0 Å². The van der Waals surface area contributed by atoms with E-state index in [-0.39, 0.29) is 12.5 Å². The zero-order valence-corrected chi connectivity index (χ0v) is 11.4. The highest BCUT2D eigenvalue weighted by atomic mass is 79.9. The number of hydrogen-bond donors (Lipinski definition) is 1. The van der Waals surface area contributed by atoms with Crippen LogP contribution in [0.15, 0.2) is 18.2 Å². The van der Waals surface area contributed by atoms with Gasteiger partial charge in [-0.3, -0.25) is 4.79 Å². The Kier molecular flexibility index (Phi) is 3.84. The lowest BCUT2D eigenvalue weighted by Gasteiger charge is -2.22. The van der Waals surface area contributed by atoms with Crippen LogP contribution in [0.1, 0.15) is 17.5 Å². The number of nitrogens with zero attached hydrogens (tertiary/aromatic N) is 1. The van der Waals surface area contributed by atoms with Gasteiger partial charge in [-0.1, -0.05) is 34.1 Å². The molecule has 1 heterocycles. The molecular weight excluding hydrogens is 282 g/mol. The fraction of sp³-hybridized carbons (Fsp3) is 0.462. The number of aliphatic hydroxyl groups excluding tert-OH is 1. The lowest BCUT2D eigenvalue weighted by Crippen LogP contribution is -2.26. The Morgan fingerprint density at radius 3 is 2.88 bits per heavy atom. The first-order valence-electron chi connectivity index (χ1n) is 5.73. The third-order valence-electron chi connectivity index (χ3n) is 3.18. The third kappa shape index (κ3) is 2.38. The molecule has 1 amide bonds. The van der Waals surface area contributed by atoms with E-state index in [1.807, 2.05) is 30.0 Å². The zero-order chi connectivity index (χ0) is 12.4. The van der Waals surface area contributed by atoms with Crippen LogP contribution < -0.4 is 4.90 Å². The van der Waals surface area contributed by atoms with E-state index in [0.717, 1.165) is 28.7 Å². The molecule has 2 rings (SSSR count). The van der Waals surface area contributed by atoms with Crippen molar-refractivity contribution in [3.8, 4) is 0 Å². The summed E-state index contributed by atoms with van der Waals surface area (Å²) in [5.74, 6) is 0.520. The maximum absolute atomic E-state index is 12.0. The molecular formula is C13H16BrNO2. The Hall–Kier alpha value is -0.870. The summed E-state index contributed by atoms with van der Waals surface area (Å²) in [6.07, 6.45) is 0.588. The highest BCUT2D eigenvalue weighted by molar-refractivity contribution is 9.09. The molecule has 1 unspecified atom stereocenters. The van der Waals surface area contributed by atoms with Crippen molar-refractivity contribution in [2.24, 2.45) is 5.92 Å². The number of aliphatic hydroxyl groups is 1. The Morgan fingerprint density at radius 2 is 2.29 bits per heavy atom. The number of anilines is 1. The summed E-state index contributed by atoms with van der Waals surface area (Å²) in [7, 11) is 0. The summed E-state index contributed by atoms with van der Waals surface area (Å²) in [6, 6.07) is 5.76. The van der Waals surface area contributed by atoms with Gasteiger partial charge < -0.3 is 10.0 Å². The summed E-state index contributed by atoms with van der Waals surface area (Å²) in [5, 5.41) is 10.2. The molecule has 92 valence electrons. The standard InChI is InChI=1S/C13H16BrNO2/c1-9-3-2-4-11(8-16)13(9)15-7-10(6-14)5-12(15)17/h2-4,10,16H,5-8H2,1H3. The highest BCUT2D eigenvalue weighted by Crippen LogP contribution is 2.31. The maximum Gasteiger partial charge on any atom is 0.227 e. The molecule has 3 nitrogen and oxygen atoms in total. The molecule has 0 spiro atoms. The van der Waals surface area contributed by atoms with Gasteiger partial charge in [0.05, 0.1) is 12.3 Å². The highest BCUT2D eigenvalue weighted by Gasteiger charge is 2.31. The largest absolute Gasteiger partial charge is 0.392 e. The van der Waals surface area contributed by atoms with E-state index in [9.17, 15) is 9.90 Å². The number of rotatable bonds is 3. The lowest BCUT2D eigenvalue weighted by molar-refractivity contribution is -0.117. The number of halogens is 1. The summed E-state index contributed by atoms with van der Waals surface area (Å²) >= 11 is 3.43. The number of carbonyl (C=O) groups is 1. The van der Waals surface area contributed by atoms with Crippen molar-refractivity contribution in [2.45, 2.75) is 20.0 Å². The first-order chi connectivity index (χ1) is 8.17. The van der Waals surface area contributed by atoms with Crippen LogP contribution in [0.5, 0.6) is 0 Å². The molecule has 1 atom stereocenters. The minimum atomic E-state index is -0.0280. The predicted octanol–water partition coefficient (Wildman–Crippen LogP) is 2.24. The van der Waals surface area contributed by atoms with Crippen LogP contribution in [-0.2, 0) is 11.4 Å². The van der Waals surface area contributed by atoms with Crippen molar-refractivity contribution in [1.82, 2.24) is 0 Å². The first-order valence-corrected chi connectivity index (χ1v) is 6.85. The van der Waals surface area contributed by atoms with Crippen molar-refractivity contribution in [3.63, 3.8) is 0 Å². The lowest BCUT2D eigenvalue weighted by atomic mass is 10.1. The molecule has 17 heavy (non-hydrogen) atoms. The van der Waals surface area contributed by atoms with Gasteiger partial charge in [0.15, 0.2) is 0 Å². The molecule has 0 radical (unpaired) electrons. The number of amides is 1. The fourth-order valence-corrected chi connectivity index (χ4v) is 2.77. The average molecular weight is 298 g/mol. The van der Waals surface area contributed by atoms with E-state index in [0.29, 0.717) is 12.3 Å². The maximum atomic E-state index is 12.0. The SMILES string of the molecule is Cc1cccc(CO)c1N1CC(CBr)CC1=O. The van der Waals surface area contributed by atoms with Gasteiger partial charge >= 0.3 is 0 Å². The van der Waals surface area contributed by atoms with Crippen LogP contribution >= 0.6 is 15.9 Å². The second-order valence-corrected chi connectivity index (χ2v) is 5.12. The number of aryl methyl sites for hydroxylation is 1.